The fourth-order valence-corrected chi connectivity index (χ4v) is 2.13. The van der Waals surface area contributed by atoms with Crippen molar-refractivity contribution in [2.24, 2.45) is 0 Å². The van der Waals surface area contributed by atoms with Crippen molar-refractivity contribution in [3.63, 3.8) is 0 Å². The molecule has 0 fully saturated rings. The van der Waals surface area contributed by atoms with Gasteiger partial charge in [-0.15, -0.1) is 0 Å². The average molecular weight is 303 g/mol. The third kappa shape index (κ3) is 3.81. The number of hydrogen-bond donors (Lipinski definition) is 3. The highest BCUT2D eigenvalue weighted by atomic mass is 16.6. The number of aromatic amines is 1. The Morgan fingerprint density at radius 3 is 2.64 bits per heavy atom. The molecule has 0 aliphatic heterocycles. The lowest BCUT2D eigenvalue weighted by Crippen LogP contribution is -2.19. The van der Waals surface area contributed by atoms with Crippen molar-refractivity contribution in [2.45, 2.75) is 19.8 Å². The number of nitrogens with one attached hydrogen (secondary N) is 2. The molecular weight excluding hydrogens is 286 g/mol. The van der Waals surface area contributed by atoms with Crippen LogP contribution in [0.5, 0.6) is 0 Å². The minimum atomic E-state index is -0.438. The normalized spacial score (nSPS) is 10.4. The van der Waals surface area contributed by atoms with Crippen LogP contribution in [0, 0.1) is 17.0 Å². The summed E-state index contributed by atoms with van der Waals surface area (Å²) in [5.41, 5.74) is 7.37. The summed E-state index contributed by atoms with van der Waals surface area (Å²) in [5.74, 6) is 0.121. The molecule has 1 aromatic heterocycles. The Bertz CT molecular complexity index is 724. The van der Waals surface area contributed by atoms with Gasteiger partial charge in [0.1, 0.15) is 0 Å². The SMILES string of the molecule is Cc1nc(N)[nH]c(=O)c1CCCNc1ccc([N+](=O)[O-])cc1. The number of benzene rings is 1. The fourth-order valence-electron chi connectivity index (χ4n) is 2.13. The molecule has 4 N–H and O–H groups in total. The predicted octanol–water partition coefficient (Wildman–Crippen LogP) is 1.61. The Kier molecular flexibility index (Phi) is 4.72. The molecule has 0 unspecified atom stereocenters. The molecule has 116 valence electrons. The Labute approximate surface area is 126 Å². The monoisotopic (exact) mass is 303 g/mol. The second kappa shape index (κ2) is 6.70. The van der Waals surface area contributed by atoms with Gasteiger partial charge in [-0.3, -0.25) is 19.9 Å². The summed E-state index contributed by atoms with van der Waals surface area (Å²) in [7, 11) is 0. The minimum Gasteiger partial charge on any atom is -0.385 e. The van der Waals surface area contributed by atoms with Crippen molar-refractivity contribution in [1.82, 2.24) is 9.97 Å². The summed E-state index contributed by atoms with van der Waals surface area (Å²) < 4.78 is 0. The number of nitro groups is 1. The molecule has 1 aromatic carbocycles. The van der Waals surface area contributed by atoms with Gasteiger partial charge in [0.15, 0.2) is 0 Å². The van der Waals surface area contributed by atoms with Crippen molar-refractivity contribution in [3.05, 3.63) is 56.0 Å². The van der Waals surface area contributed by atoms with Crippen molar-refractivity contribution in [1.29, 1.82) is 0 Å². The van der Waals surface area contributed by atoms with E-state index in [1.54, 1.807) is 19.1 Å². The largest absolute Gasteiger partial charge is 0.385 e. The second-order valence-corrected chi connectivity index (χ2v) is 4.85. The van der Waals surface area contributed by atoms with E-state index in [9.17, 15) is 14.9 Å². The molecule has 2 rings (SSSR count). The predicted molar refractivity (Wildman–Crippen MR) is 83.9 cm³/mol. The van der Waals surface area contributed by atoms with Crippen LogP contribution < -0.4 is 16.6 Å². The van der Waals surface area contributed by atoms with E-state index in [1.807, 2.05) is 0 Å². The first-order chi connectivity index (χ1) is 10.5. The van der Waals surface area contributed by atoms with E-state index >= 15 is 0 Å². The van der Waals surface area contributed by atoms with Crippen LogP contribution >= 0.6 is 0 Å². The van der Waals surface area contributed by atoms with E-state index in [-0.39, 0.29) is 17.2 Å². The van der Waals surface area contributed by atoms with Crippen LogP contribution in [-0.4, -0.2) is 21.4 Å². The molecule has 8 nitrogen and oxygen atoms in total. The van der Waals surface area contributed by atoms with Gasteiger partial charge in [0, 0.05) is 35.6 Å². The molecule has 0 aliphatic carbocycles. The molecule has 0 amide bonds. The quantitative estimate of drug-likeness (QED) is 0.422. The zero-order valence-electron chi connectivity index (χ0n) is 12.1. The Hall–Kier alpha value is -2.90. The lowest BCUT2D eigenvalue weighted by molar-refractivity contribution is -0.384. The van der Waals surface area contributed by atoms with Crippen LogP contribution in [0.3, 0.4) is 0 Å². The summed E-state index contributed by atoms with van der Waals surface area (Å²) in [4.78, 5) is 28.4. The van der Waals surface area contributed by atoms with Gasteiger partial charge in [-0.05, 0) is 31.9 Å². The molecule has 2 aromatic rings. The topological polar surface area (TPSA) is 127 Å². The highest BCUT2D eigenvalue weighted by molar-refractivity contribution is 5.48. The maximum atomic E-state index is 11.8. The maximum absolute atomic E-state index is 11.8. The van der Waals surface area contributed by atoms with E-state index in [0.29, 0.717) is 24.2 Å². The number of aryl methyl sites for hydroxylation is 1. The van der Waals surface area contributed by atoms with Crippen LogP contribution in [0.15, 0.2) is 29.1 Å². The number of hydrogen-bond acceptors (Lipinski definition) is 6. The zero-order valence-corrected chi connectivity index (χ0v) is 12.1. The van der Waals surface area contributed by atoms with Crippen LogP contribution in [0.25, 0.3) is 0 Å². The van der Waals surface area contributed by atoms with Crippen molar-refractivity contribution in [2.75, 3.05) is 17.6 Å². The van der Waals surface area contributed by atoms with E-state index in [4.69, 9.17) is 5.73 Å². The van der Waals surface area contributed by atoms with E-state index in [1.165, 1.54) is 12.1 Å². The number of nitrogens with zero attached hydrogens (tertiary/aromatic N) is 2. The second-order valence-electron chi connectivity index (χ2n) is 4.85. The number of nitro benzene ring substituents is 1. The fraction of sp³-hybridized carbons (Fsp3) is 0.286. The number of anilines is 2. The number of rotatable bonds is 6. The maximum Gasteiger partial charge on any atom is 0.269 e. The first-order valence-corrected chi connectivity index (χ1v) is 6.81. The van der Waals surface area contributed by atoms with Gasteiger partial charge in [-0.25, -0.2) is 4.98 Å². The lowest BCUT2D eigenvalue weighted by Gasteiger charge is -2.07. The van der Waals surface area contributed by atoms with Crippen LogP contribution in [-0.2, 0) is 6.42 Å². The molecule has 0 bridgehead atoms. The number of aromatic nitrogens is 2. The van der Waals surface area contributed by atoms with Gasteiger partial charge < -0.3 is 11.1 Å². The minimum absolute atomic E-state index is 0.0562. The molecule has 0 saturated carbocycles. The number of nitrogens with two attached hydrogens (primary N) is 1. The third-order valence-electron chi connectivity index (χ3n) is 3.25. The van der Waals surface area contributed by atoms with Crippen molar-refractivity contribution < 1.29 is 4.92 Å². The number of nitrogen functional groups attached to an aromatic ring is 1. The molecule has 0 atom stereocenters. The molecule has 0 radical (unpaired) electrons. The van der Waals surface area contributed by atoms with Gasteiger partial charge in [0.05, 0.1) is 4.92 Å². The molecular formula is C14H17N5O3. The summed E-state index contributed by atoms with van der Waals surface area (Å²) in [6.45, 7) is 2.39. The van der Waals surface area contributed by atoms with Gasteiger partial charge in [-0.2, -0.15) is 0 Å². The third-order valence-corrected chi connectivity index (χ3v) is 3.25. The highest BCUT2D eigenvalue weighted by Crippen LogP contribution is 2.15. The highest BCUT2D eigenvalue weighted by Gasteiger charge is 2.07. The zero-order chi connectivity index (χ0) is 16.1. The molecule has 0 saturated heterocycles. The molecule has 8 heteroatoms. The van der Waals surface area contributed by atoms with Crippen molar-refractivity contribution in [3.8, 4) is 0 Å². The summed E-state index contributed by atoms with van der Waals surface area (Å²) in [6.07, 6.45) is 1.31. The molecule has 0 spiro atoms. The average Bonchev–Trinajstić information content (AvgIpc) is 2.46. The van der Waals surface area contributed by atoms with E-state index in [2.05, 4.69) is 15.3 Å². The summed E-state index contributed by atoms with van der Waals surface area (Å²) in [5, 5.41) is 13.7. The van der Waals surface area contributed by atoms with Crippen molar-refractivity contribution >= 4 is 17.3 Å². The van der Waals surface area contributed by atoms with Crippen LogP contribution in [0.1, 0.15) is 17.7 Å². The summed E-state index contributed by atoms with van der Waals surface area (Å²) in [6, 6.07) is 6.20. The first kappa shape index (κ1) is 15.5. The smallest absolute Gasteiger partial charge is 0.269 e. The Morgan fingerprint density at radius 2 is 2.05 bits per heavy atom. The number of H-pyrrole nitrogens is 1. The Balaban J connectivity index is 1.87. The summed E-state index contributed by atoms with van der Waals surface area (Å²) >= 11 is 0. The lowest BCUT2D eigenvalue weighted by atomic mass is 10.1. The molecule has 1 heterocycles. The standard InChI is InChI=1S/C14H17N5O3/c1-9-12(13(20)18-14(15)17-9)3-2-8-16-10-4-6-11(7-5-10)19(21)22/h4-7,16H,2-3,8H2,1H3,(H3,15,17,18,20). The van der Waals surface area contributed by atoms with Gasteiger partial charge in [-0.1, -0.05) is 0 Å². The number of non-ortho nitro benzene ring substituents is 1. The molecule has 0 aliphatic rings. The van der Waals surface area contributed by atoms with E-state index in [0.717, 1.165) is 12.1 Å². The van der Waals surface area contributed by atoms with Crippen LogP contribution in [0.2, 0.25) is 0 Å². The Morgan fingerprint density at radius 1 is 1.36 bits per heavy atom. The van der Waals surface area contributed by atoms with Crippen LogP contribution in [0.4, 0.5) is 17.3 Å². The first-order valence-electron chi connectivity index (χ1n) is 6.81. The van der Waals surface area contributed by atoms with E-state index < -0.39 is 4.92 Å². The molecule has 22 heavy (non-hydrogen) atoms. The van der Waals surface area contributed by atoms with Gasteiger partial charge in [0.2, 0.25) is 5.95 Å². The van der Waals surface area contributed by atoms with Gasteiger partial charge >= 0.3 is 0 Å². The van der Waals surface area contributed by atoms with Gasteiger partial charge in [0.25, 0.3) is 11.2 Å².